The Balaban J connectivity index is 2.04. The van der Waals surface area contributed by atoms with Crippen molar-refractivity contribution in [2.45, 2.75) is 18.9 Å². The average Bonchev–Trinajstić information content (AvgIpc) is 2.79. The maximum absolute atomic E-state index is 8.76. The number of pyridine rings is 1. The minimum Gasteiger partial charge on any atom is -0.396 e. The largest absolute Gasteiger partial charge is 0.396 e. The van der Waals surface area contributed by atoms with Gasteiger partial charge in [0.25, 0.3) is 0 Å². The summed E-state index contributed by atoms with van der Waals surface area (Å²) in [6.45, 7) is -0.000872. The molecule has 0 saturated carbocycles. The number of hydrogen-bond acceptors (Lipinski definition) is 6. The lowest BCUT2D eigenvalue weighted by Crippen LogP contribution is -2.12. The highest BCUT2D eigenvalue weighted by molar-refractivity contribution is 5.09. The second-order valence-electron chi connectivity index (χ2n) is 3.67. The van der Waals surface area contributed by atoms with Crippen molar-refractivity contribution in [3.63, 3.8) is 0 Å². The fourth-order valence-corrected chi connectivity index (χ4v) is 1.42. The van der Waals surface area contributed by atoms with Crippen LogP contribution in [0.3, 0.4) is 0 Å². The van der Waals surface area contributed by atoms with Crippen LogP contribution in [0, 0.1) is 0 Å². The molecule has 2 rings (SSSR count). The van der Waals surface area contributed by atoms with E-state index in [0.29, 0.717) is 24.6 Å². The summed E-state index contributed by atoms with van der Waals surface area (Å²) in [7, 11) is 0. The maximum Gasteiger partial charge on any atom is 0.243 e. The highest BCUT2D eigenvalue weighted by Gasteiger charge is 2.14. The van der Waals surface area contributed by atoms with E-state index in [4.69, 9.17) is 15.4 Å². The van der Waals surface area contributed by atoms with Crippen LogP contribution in [0.4, 0.5) is 0 Å². The smallest absolute Gasteiger partial charge is 0.243 e. The molecule has 3 N–H and O–H groups in total. The molecule has 6 heteroatoms. The molecule has 0 aromatic carbocycles. The van der Waals surface area contributed by atoms with Crippen molar-refractivity contribution in [3.05, 3.63) is 41.8 Å². The van der Waals surface area contributed by atoms with Crippen LogP contribution in [-0.4, -0.2) is 26.8 Å². The van der Waals surface area contributed by atoms with Gasteiger partial charge in [0.05, 0.1) is 12.5 Å². The van der Waals surface area contributed by atoms with E-state index < -0.39 is 6.04 Å². The van der Waals surface area contributed by atoms with E-state index in [2.05, 4.69) is 15.1 Å². The summed E-state index contributed by atoms with van der Waals surface area (Å²) < 4.78 is 5.03. The average molecular weight is 234 g/mol. The molecule has 2 aromatic rings. The fourth-order valence-electron chi connectivity index (χ4n) is 1.42. The van der Waals surface area contributed by atoms with Crippen molar-refractivity contribution in [1.82, 2.24) is 15.1 Å². The maximum atomic E-state index is 8.76. The highest BCUT2D eigenvalue weighted by Crippen LogP contribution is 2.12. The second kappa shape index (κ2) is 5.51. The van der Waals surface area contributed by atoms with Gasteiger partial charge >= 0.3 is 0 Å². The van der Waals surface area contributed by atoms with Crippen LogP contribution in [0.5, 0.6) is 0 Å². The lowest BCUT2D eigenvalue weighted by Gasteiger charge is -2.01. The van der Waals surface area contributed by atoms with E-state index in [1.54, 1.807) is 6.20 Å². The number of aromatic nitrogens is 3. The summed E-state index contributed by atoms with van der Waals surface area (Å²) >= 11 is 0. The van der Waals surface area contributed by atoms with Crippen LogP contribution in [0.25, 0.3) is 0 Å². The van der Waals surface area contributed by atoms with Gasteiger partial charge in [0, 0.05) is 18.5 Å². The van der Waals surface area contributed by atoms with Crippen molar-refractivity contribution in [2.24, 2.45) is 5.73 Å². The zero-order valence-corrected chi connectivity index (χ0v) is 9.28. The van der Waals surface area contributed by atoms with Crippen LogP contribution in [0.1, 0.15) is 29.9 Å². The standard InChI is InChI=1S/C11H14N4O2/c12-9(4-6-16)11-14-10(15-17-11)7-8-3-1-2-5-13-8/h1-3,5,9,16H,4,6-7,12H2. The predicted molar refractivity (Wildman–Crippen MR) is 60.0 cm³/mol. The summed E-state index contributed by atoms with van der Waals surface area (Å²) in [5.74, 6) is 0.900. The molecule has 1 atom stereocenters. The van der Waals surface area contributed by atoms with Gasteiger partial charge in [-0.05, 0) is 18.6 Å². The van der Waals surface area contributed by atoms with Crippen molar-refractivity contribution < 1.29 is 9.63 Å². The molecule has 0 aliphatic rings. The van der Waals surface area contributed by atoms with Gasteiger partial charge in [-0.2, -0.15) is 4.98 Å². The molecule has 0 fully saturated rings. The number of aliphatic hydroxyl groups excluding tert-OH is 1. The van der Waals surface area contributed by atoms with Gasteiger partial charge in [-0.25, -0.2) is 0 Å². The predicted octanol–water partition coefficient (Wildman–Crippen LogP) is 0.438. The minimum absolute atomic E-state index is 0.000872. The van der Waals surface area contributed by atoms with Gasteiger partial charge in [-0.3, -0.25) is 4.98 Å². The van der Waals surface area contributed by atoms with Gasteiger partial charge in [0.2, 0.25) is 5.89 Å². The Morgan fingerprint density at radius 2 is 2.29 bits per heavy atom. The first kappa shape index (κ1) is 11.7. The third kappa shape index (κ3) is 3.08. The fraction of sp³-hybridized carbons (Fsp3) is 0.364. The molecule has 2 aromatic heterocycles. The first-order valence-corrected chi connectivity index (χ1v) is 5.38. The van der Waals surface area contributed by atoms with E-state index in [0.717, 1.165) is 5.69 Å². The molecule has 90 valence electrons. The van der Waals surface area contributed by atoms with Crippen LogP contribution in [0.15, 0.2) is 28.9 Å². The van der Waals surface area contributed by atoms with Crippen LogP contribution >= 0.6 is 0 Å². The Kier molecular flexibility index (Phi) is 3.79. The quantitative estimate of drug-likeness (QED) is 0.778. The van der Waals surface area contributed by atoms with Crippen molar-refractivity contribution in [3.8, 4) is 0 Å². The molecule has 17 heavy (non-hydrogen) atoms. The molecule has 0 radical (unpaired) electrons. The Hall–Kier alpha value is -1.79. The molecular weight excluding hydrogens is 220 g/mol. The Morgan fingerprint density at radius 3 is 3.00 bits per heavy atom. The van der Waals surface area contributed by atoms with E-state index in [1.807, 2.05) is 18.2 Å². The molecule has 0 aliphatic heterocycles. The van der Waals surface area contributed by atoms with Crippen molar-refractivity contribution >= 4 is 0 Å². The zero-order valence-electron chi connectivity index (χ0n) is 9.28. The first-order chi connectivity index (χ1) is 8.29. The lowest BCUT2D eigenvalue weighted by molar-refractivity contribution is 0.259. The number of hydrogen-bond donors (Lipinski definition) is 2. The van der Waals surface area contributed by atoms with Gasteiger partial charge in [0.15, 0.2) is 5.82 Å². The number of aliphatic hydroxyl groups is 1. The summed E-state index contributed by atoms with van der Waals surface area (Å²) in [5.41, 5.74) is 6.61. The van der Waals surface area contributed by atoms with Gasteiger partial charge in [0.1, 0.15) is 0 Å². The topological polar surface area (TPSA) is 98.1 Å². The van der Waals surface area contributed by atoms with Crippen LogP contribution in [0.2, 0.25) is 0 Å². The van der Waals surface area contributed by atoms with E-state index in [-0.39, 0.29) is 6.61 Å². The Morgan fingerprint density at radius 1 is 1.41 bits per heavy atom. The molecular formula is C11H14N4O2. The summed E-state index contributed by atoms with van der Waals surface area (Å²) in [5, 5.41) is 12.6. The molecule has 1 unspecified atom stereocenters. The summed E-state index contributed by atoms with van der Waals surface area (Å²) in [6.07, 6.45) is 2.63. The number of nitrogens with two attached hydrogens (primary N) is 1. The monoisotopic (exact) mass is 234 g/mol. The highest BCUT2D eigenvalue weighted by atomic mass is 16.5. The van der Waals surface area contributed by atoms with Crippen molar-refractivity contribution in [2.75, 3.05) is 6.61 Å². The normalized spacial score (nSPS) is 12.6. The summed E-state index contributed by atoms with van der Waals surface area (Å²) in [6, 6.07) is 5.23. The molecule has 0 bridgehead atoms. The Labute approximate surface area is 98.5 Å². The summed E-state index contributed by atoms with van der Waals surface area (Å²) in [4.78, 5) is 8.34. The minimum atomic E-state index is -0.412. The van der Waals surface area contributed by atoms with Crippen LogP contribution in [-0.2, 0) is 6.42 Å². The third-order valence-corrected chi connectivity index (χ3v) is 2.31. The SMILES string of the molecule is NC(CCO)c1nc(Cc2ccccn2)no1. The first-order valence-electron chi connectivity index (χ1n) is 5.38. The third-order valence-electron chi connectivity index (χ3n) is 2.31. The zero-order chi connectivity index (χ0) is 12.1. The number of nitrogens with zero attached hydrogens (tertiary/aromatic N) is 3. The molecule has 0 spiro atoms. The van der Waals surface area contributed by atoms with Gasteiger partial charge in [-0.1, -0.05) is 11.2 Å². The van der Waals surface area contributed by atoms with E-state index in [9.17, 15) is 0 Å². The molecule has 0 amide bonds. The molecule has 2 heterocycles. The molecule has 6 nitrogen and oxygen atoms in total. The van der Waals surface area contributed by atoms with Crippen LogP contribution < -0.4 is 5.73 Å². The van der Waals surface area contributed by atoms with Gasteiger partial charge < -0.3 is 15.4 Å². The van der Waals surface area contributed by atoms with Crippen molar-refractivity contribution in [1.29, 1.82) is 0 Å². The molecule has 0 saturated heterocycles. The van der Waals surface area contributed by atoms with E-state index in [1.165, 1.54) is 0 Å². The molecule has 0 aliphatic carbocycles. The lowest BCUT2D eigenvalue weighted by atomic mass is 10.2. The number of rotatable bonds is 5. The van der Waals surface area contributed by atoms with Gasteiger partial charge in [-0.15, -0.1) is 0 Å². The Bertz CT molecular complexity index is 458. The van der Waals surface area contributed by atoms with E-state index >= 15 is 0 Å². The second-order valence-corrected chi connectivity index (χ2v) is 3.67.